The number of fused-ring (bicyclic) bond motifs is 5. The van der Waals surface area contributed by atoms with Crippen LogP contribution in [0.15, 0.2) is 11.6 Å². The molecule has 2 aliphatic heterocycles. The van der Waals surface area contributed by atoms with Gasteiger partial charge < -0.3 is 39.4 Å². The van der Waals surface area contributed by atoms with Gasteiger partial charge in [-0.25, -0.2) is 4.79 Å². The van der Waals surface area contributed by atoms with Crippen LogP contribution in [0.3, 0.4) is 0 Å². The summed E-state index contributed by atoms with van der Waals surface area (Å²) in [6, 6.07) is 0. The van der Waals surface area contributed by atoms with Crippen molar-refractivity contribution in [3.05, 3.63) is 11.6 Å². The van der Waals surface area contributed by atoms with E-state index in [0.29, 0.717) is 51.6 Å². The summed E-state index contributed by atoms with van der Waals surface area (Å²) in [6.07, 6.45) is 4.61. The van der Waals surface area contributed by atoms with Crippen LogP contribution >= 0.6 is 0 Å². The summed E-state index contributed by atoms with van der Waals surface area (Å²) in [6.45, 7) is 4.34. The quantitative estimate of drug-likeness (QED) is 0.314. The van der Waals surface area contributed by atoms with Crippen LogP contribution < -0.4 is 0 Å². The summed E-state index contributed by atoms with van der Waals surface area (Å²) in [5, 5.41) is 46.9. The first-order valence-electron chi connectivity index (χ1n) is 14.5. The van der Waals surface area contributed by atoms with Crippen LogP contribution in [0.25, 0.3) is 0 Å². The van der Waals surface area contributed by atoms with Gasteiger partial charge in [0.25, 0.3) is 0 Å². The molecule has 6 rings (SSSR count). The Labute approximate surface area is 224 Å². The number of rotatable bonds is 4. The third kappa shape index (κ3) is 3.80. The maximum Gasteiger partial charge on any atom is 0.331 e. The van der Waals surface area contributed by atoms with E-state index in [0.717, 1.165) is 18.4 Å². The van der Waals surface area contributed by atoms with Crippen molar-refractivity contribution < 1.29 is 44.2 Å². The van der Waals surface area contributed by atoms with Crippen LogP contribution in [-0.4, -0.2) is 87.6 Å². The molecule has 0 bridgehead atoms. The number of carbonyl (C=O) groups is 1. The average molecular weight is 537 g/mol. The Morgan fingerprint density at radius 3 is 2.42 bits per heavy atom. The molecule has 4 N–H and O–H groups in total. The van der Waals surface area contributed by atoms with E-state index in [9.17, 15) is 25.2 Å². The maximum absolute atomic E-state index is 12.3. The fourth-order valence-corrected chi connectivity index (χ4v) is 9.67. The van der Waals surface area contributed by atoms with E-state index in [1.54, 1.807) is 6.08 Å². The monoisotopic (exact) mass is 536 g/mol. The number of cyclic esters (lactones) is 1. The van der Waals surface area contributed by atoms with Crippen molar-refractivity contribution >= 4 is 5.97 Å². The number of aliphatic hydroxyl groups is 4. The van der Waals surface area contributed by atoms with E-state index >= 15 is 0 Å². The molecule has 0 amide bonds. The maximum atomic E-state index is 12.3. The summed E-state index contributed by atoms with van der Waals surface area (Å²) in [7, 11) is 1.53. The molecule has 4 saturated carbocycles. The van der Waals surface area contributed by atoms with Crippen LogP contribution in [0.5, 0.6) is 0 Å². The zero-order valence-corrected chi connectivity index (χ0v) is 22.8. The molecular formula is C29H44O9. The Balaban J connectivity index is 1.20. The van der Waals surface area contributed by atoms with Gasteiger partial charge in [0.15, 0.2) is 6.29 Å². The molecular weight excluding hydrogens is 492 g/mol. The molecule has 0 aromatic rings. The zero-order valence-electron chi connectivity index (χ0n) is 22.8. The van der Waals surface area contributed by atoms with Gasteiger partial charge >= 0.3 is 5.97 Å². The normalized spacial score (nSPS) is 54.5. The van der Waals surface area contributed by atoms with Crippen molar-refractivity contribution in [2.75, 3.05) is 13.7 Å². The summed E-state index contributed by atoms with van der Waals surface area (Å²) < 4.78 is 22.9. The molecule has 0 spiro atoms. The smallest absolute Gasteiger partial charge is 0.331 e. The summed E-state index contributed by atoms with van der Waals surface area (Å²) in [4.78, 5) is 11.8. The Hall–Kier alpha value is -1.07. The highest BCUT2D eigenvalue weighted by molar-refractivity contribution is 5.85. The standard InChI is InChI=1S/C29H44O9/c1-16-12-22(30)24(35-3)25(37-16)38-18-4-10-29(34)21-5-8-26(2)19(17-13-23(31)36-15-17)7-11-28(26,33)20(21)6-9-27(29,32)14-18/h13,16,18-22,24-25,30,32-34H,4-12,14-15H2,1-3H3/t16-,18+,19-,20-,21-,22+,24-,25+,26-,27+,28+,29+/m0/s1. The van der Waals surface area contributed by atoms with Crippen LogP contribution in [0.2, 0.25) is 0 Å². The zero-order chi connectivity index (χ0) is 27.1. The van der Waals surface area contributed by atoms with Crippen molar-refractivity contribution in [2.45, 2.75) is 126 Å². The lowest BCUT2D eigenvalue weighted by Crippen LogP contribution is -2.72. The Bertz CT molecular complexity index is 985. The second-order valence-electron chi connectivity index (χ2n) is 13.3. The minimum atomic E-state index is -1.32. The van der Waals surface area contributed by atoms with Gasteiger partial charge in [0.2, 0.25) is 0 Å². The number of ether oxygens (including phenoxy) is 4. The molecule has 9 nitrogen and oxygen atoms in total. The highest BCUT2D eigenvalue weighted by Gasteiger charge is 2.71. The Morgan fingerprint density at radius 1 is 1.00 bits per heavy atom. The molecule has 0 radical (unpaired) electrons. The SMILES string of the molecule is CO[C@@H]1[C@@H](O[C@@H]2CC[C@@]3(O)[C@H]4CC[C@@]5(C)[C@H](C6=CC(=O)OC6)CC[C@@]5(O)[C@H]4CC[C@@]3(O)C2)O[C@@H](C)C[C@H]1O. The summed E-state index contributed by atoms with van der Waals surface area (Å²) in [5.41, 5.74) is -3.02. The Morgan fingerprint density at radius 2 is 1.71 bits per heavy atom. The number of methoxy groups -OCH3 is 1. The van der Waals surface area contributed by atoms with Crippen LogP contribution in [0, 0.1) is 23.2 Å². The molecule has 4 aliphatic carbocycles. The summed E-state index contributed by atoms with van der Waals surface area (Å²) >= 11 is 0. The highest BCUT2D eigenvalue weighted by Crippen LogP contribution is 2.68. The van der Waals surface area contributed by atoms with Gasteiger partial charge in [0.05, 0.1) is 35.1 Å². The van der Waals surface area contributed by atoms with Gasteiger partial charge in [-0.2, -0.15) is 0 Å². The molecule has 9 heteroatoms. The van der Waals surface area contributed by atoms with Crippen molar-refractivity contribution in [1.82, 2.24) is 0 Å². The van der Waals surface area contributed by atoms with E-state index in [2.05, 4.69) is 6.92 Å². The first kappa shape index (κ1) is 27.1. The van der Waals surface area contributed by atoms with Crippen molar-refractivity contribution in [1.29, 1.82) is 0 Å². The number of esters is 1. The van der Waals surface area contributed by atoms with E-state index in [1.165, 1.54) is 7.11 Å². The van der Waals surface area contributed by atoms with Gasteiger partial charge in [-0.05, 0) is 81.6 Å². The third-order valence-electron chi connectivity index (χ3n) is 11.7. The second-order valence-corrected chi connectivity index (χ2v) is 13.3. The third-order valence-corrected chi connectivity index (χ3v) is 11.7. The fourth-order valence-electron chi connectivity index (χ4n) is 9.67. The molecule has 0 aromatic heterocycles. The molecule has 6 aliphatic rings. The molecule has 2 heterocycles. The molecule has 5 fully saturated rings. The molecule has 12 atom stereocenters. The predicted molar refractivity (Wildman–Crippen MR) is 135 cm³/mol. The first-order chi connectivity index (χ1) is 17.9. The van der Waals surface area contributed by atoms with Crippen molar-refractivity contribution in [2.24, 2.45) is 23.2 Å². The predicted octanol–water partition coefficient (Wildman–Crippen LogP) is 1.98. The highest BCUT2D eigenvalue weighted by atomic mass is 16.7. The molecule has 0 unspecified atom stereocenters. The topological polar surface area (TPSA) is 135 Å². The number of carbonyl (C=O) groups excluding carboxylic acids is 1. The number of hydrogen-bond donors (Lipinski definition) is 4. The summed E-state index contributed by atoms with van der Waals surface area (Å²) in [5.74, 6) is -0.554. The molecule has 214 valence electrons. The van der Waals surface area contributed by atoms with Crippen LogP contribution in [-0.2, 0) is 23.7 Å². The Kier molecular flexibility index (Phi) is 6.58. The number of hydrogen-bond acceptors (Lipinski definition) is 9. The van der Waals surface area contributed by atoms with Crippen LogP contribution in [0.1, 0.15) is 78.1 Å². The van der Waals surface area contributed by atoms with Crippen molar-refractivity contribution in [3.8, 4) is 0 Å². The lowest BCUT2D eigenvalue weighted by Gasteiger charge is -2.65. The van der Waals surface area contributed by atoms with Gasteiger partial charge in [0, 0.05) is 31.4 Å². The lowest BCUT2D eigenvalue weighted by atomic mass is 9.45. The second kappa shape index (κ2) is 9.23. The van der Waals surface area contributed by atoms with Crippen molar-refractivity contribution in [3.63, 3.8) is 0 Å². The largest absolute Gasteiger partial charge is 0.458 e. The molecule has 1 saturated heterocycles. The number of aliphatic hydroxyl groups excluding tert-OH is 1. The van der Waals surface area contributed by atoms with E-state index in [1.807, 2.05) is 6.92 Å². The van der Waals surface area contributed by atoms with E-state index < -0.39 is 40.7 Å². The minimum absolute atomic E-state index is 0.0847. The first-order valence-corrected chi connectivity index (χ1v) is 14.5. The minimum Gasteiger partial charge on any atom is -0.458 e. The van der Waals surface area contributed by atoms with Gasteiger partial charge in [0.1, 0.15) is 12.7 Å². The van der Waals surface area contributed by atoms with Gasteiger partial charge in [-0.1, -0.05) is 6.92 Å². The average Bonchev–Trinajstić information content (AvgIpc) is 3.39. The van der Waals surface area contributed by atoms with Crippen LogP contribution in [0.4, 0.5) is 0 Å². The lowest BCUT2D eigenvalue weighted by molar-refractivity contribution is -0.318. The van der Waals surface area contributed by atoms with E-state index in [-0.39, 0.29) is 42.4 Å². The molecule has 0 aromatic carbocycles. The fraction of sp³-hybridized carbons (Fsp3) is 0.897. The van der Waals surface area contributed by atoms with Gasteiger partial charge in [-0.15, -0.1) is 0 Å². The molecule has 38 heavy (non-hydrogen) atoms. The van der Waals surface area contributed by atoms with E-state index in [4.69, 9.17) is 18.9 Å². The van der Waals surface area contributed by atoms with Gasteiger partial charge in [-0.3, -0.25) is 0 Å².